The number of ether oxygens (including phenoxy) is 1. The summed E-state index contributed by atoms with van der Waals surface area (Å²) in [6.45, 7) is 30.2. The van der Waals surface area contributed by atoms with Crippen LogP contribution in [0, 0.1) is 18.3 Å². The van der Waals surface area contributed by atoms with Crippen molar-refractivity contribution < 1.29 is 41.9 Å². The summed E-state index contributed by atoms with van der Waals surface area (Å²) in [7, 11) is 0. The molecule has 0 spiro atoms. The number of amides is 5. The lowest BCUT2D eigenvalue weighted by atomic mass is 9.98. The van der Waals surface area contributed by atoms with Crippen molar-refractivity contribution in [1.29, 1.82) is 5.26 Å². The topological polar surface area (TPSA) is 243 Å². The molecule has 8 rings (SSSR count). The van der Waals surface area contributed by atoms with E-state index in [0.717, 1.165) is 69.6 Å². The van der Waals surface area contributed by atoms with Gasteiger partial charge in [0.05, 0.1) is 5.69 Å². The lowest BCUT2D eigenvalue weighted by molar-refractivity contribution is -0.168. The number of benzene rings is 3. The van der Waals surface area contributed by atoms with Crippen LogP contribution in [0.5, 0.6) is 0 Å². The Labute approximate surface area is 506 Å². The Morgan fingerprint density at radius 3 is 1.49 bits per heavy atom. The zero-order valence-electron chi connectivity index (χ0n) is 50.2. The minimum Gasteiger partial charge on any atom is -0.444 e. The molecule has 0 atom stereocenters. The molecule has 0 unspecified atom stereocenters. The number of urea groups is 2. The van der Waals surface area contributed by atoms with Gasteiger partial charge in [-0.25, -0.2) is 19.2 Å². The molecule has 5 heterocycles. The van der Waals surface area contributed by atoms with Crippen LogP contribution >= 0.6 is 23.2 Å². The van der Waals surface area contributed by atoms with E-state index in [4.69, 9.17) is 33.2 Å². The van der Waals surface area contributed by atoms with Crippen LogP contribution in [0.1, 0.15) is 115 Å². The number of ketones is 1. The summed E-state index contributed by atoms with van der Waals surface area (Å²) >= 11 is 10.8. The van der Waals surface area contributed by atoms with E-state index in [1.807, 2.05) is 86.3 Å². The molecule has 3 aliphatic rings. The van der Waals surface area contributed by atoms with E-state index in [1.54, 1.807) is 34.1 Å². The Morgan fingerprint density at radius 2 is 1.09 bits per heavy atom. The van der Waals surface area contributed by atoms with Crippen LogP contribution in [0.2, 0.25) is 10.3 Å². The molecule has 0 aliphatic carbocycles. The Balaban J connectivity index is 0.000000283. The summed E-state index contributed by atoms with van der Waals surface area (Å²) in [4.78, 5) is 66.2. The fraction of sp³-hybridized carbons (Fsp3) is 0.467. The van der Waals surface area contributed by atoms with Crippen molar-refractivity contribution >= 4 is 76.1 Å². The Kier molecular flexibility index (Phi) is 30.4. The molecule has 3 aliphatic heterocycles. The number of alkyl halides is 3. The number of aryl methyl sites for hydroxylation is 1. The fourth-order valence-corrected chi connectivity index (χ4v) is 7.98. The molecule has 4 N–H and O–H groups in total. The van der Waals surface area contributed by atoms with E-state index in [1.165, 1.54) is 28.3 Å². The first kappa shape index (κ1) is 71.5. The van der Waals surface area contributed by atoms with Gasteiger partial charge in [0.1, 0.15) is 11.7 Å². The quantitative estimate of drug-likeness (QED) is 0.0875. The summed E-state index contributed by atoms with van der Waals surface area (Å²) in [5.74, 6) is 0.469. The highest BCUT2D eigenvalue weighted by Crippen LogP contribution is 2.24. The summed E-state index contributed by atoms with van der Waals surface area (Å²) in [5.41, 5.74) is 7.32. The lowest BCUT2D eigenvalue weighted by Crippen LogP contribution is -2.50. The summed E-state index contributed by atoms with van der Waals surface area (Å²) in [5, 5.41) is 36.7. The SMILES string of the molecule is CC(=O)C(F)(F)F.CC(C)(C)OC(=O)N1CCNCC1.CC(C)c1ccc(N=C=O)cc1.CC(C)c1ccc(NC(=O)N2CCN(c3ccc(C#N)nn3)CC2)cc1.Cc1cc(NC(=O)N2CCNCC2)ccc1C(C)C.Clc1ccc(Cl)nn1. The second-order valence-electron chi connectivity index (χ2n) is 21.4. The molecule has 5 amide bonds. The predicted molar refractivity (Wildman–Crippen MR) is 327 cm³/mol. The number of anilines is 3. The number of nitrogens with one attached hydrogen (secondary N) is 4. The Morgan fingerprint density at radius 1 is 0.635 bits per heavy atom. The number of piperazine rings is 3. The smallest absolute Gasteiger partial charge is 0.444 e. The third-order valence-electron chi connectivity index (χ3n) is 12.5. The predicted octanol–water partition coefficient (Wildman–Crippen LogP) is 11.9. The molecule has 5 aromatic rings. The Hall–Kier alpha value is -7.74. The number of Topliss-reactive ketones (excluding diaryl/α,β-unsaturated/α-hetero) is 1. The molecule has 2 aromatic heterocycles. The van der Waals surface area contributed by atoms with Gasteiger partial charge in [-0.05, 0) is 128 Å². The molecule has 0 saturated carbocycles. The molecule has 25 heteroatoms. The van der Waals surface area contributed by atoms with E-state index in [9.17, 15) is 37.1 Å². The summed E-state index contributed by atoms with van der Waals surface area (Å²) < 4.78 is 37.7. The van der Waals surface area contributed by atoms with Crippen LogP contribution in [0.4, 0.5) is 50.4 Å². The van der Waals surface area contributed by atoms with E-state index in [-0.39, 0.29) is 23.8 Å². The van der Waals surface area contributed by atoms with Gasteiger partial charge in [-0.2, -0.15) is 23.4 Å². The van der Waals surface area contributed by atoms with Crippen LogP contribution in [0.15, 0.2) is 96.0 Å². The summed E-state index contributed by atoms with van der Waals surface area (Å²) in [6, 6.07) is 30.2. The Bertz CT molecular complexity index is 2910. The molecule has 85 heavy (non-hydrogen) atoms. The number of isocyanates is 1. The van der Waals surface area contributed by atoms with Crippen LogP contribution in [0.3, 0.4) is 0 Å². The molecule has 0 bridgehead atoms. The molecular weight excluding hydrogens is 1140 g/mol. The zero-order chi connectivity index (χ0) is 63.3. The second-order valence-corrected chi connectivity index (χ2v) is 22.1. The molecule has 3 aromatic carbocycles. The van der Waals surface area contributed by atoms with Gasteiger partial charge in [-0.1, -0.05) is 95.1 Å². The number of nitrogens with zero attached hydrogens (tertiary/aromatic N) is 10. The van der Waals surface area contributed by atoms with Crippen molar-refractivity contribution in [2.45, 2.75) is 106 Å². The highest BCUT2D eigenvalue weighted by atomic mass is 35.5. The molecular formula is C60H79Cl2F3N14O6. The number of rotatable bonds is 7. The molecule has 3 saturated heterocycles. The number of nitriles is 1. The van der Waals surface area contributed by atoms with Gasteiger partial charge in [0.25, 0.3) is 0 Å². The first-order valence-electron chi connectivity index (χ1n) is 27.7. The van der Waals surface area contributed by atoms with Crippen molar-refractivity contribution in [3.05, 3.63) is 129 Å². The number of aromatic nitrogens is 4. The number of hydrogen-bond donors (Lipinski definition) is 4. The zero-order valence-corrected chi connectivity index (χ0v) is 51.7. The minimum absolute atomic E-state index is 0.00167. The van der Waals surface area contributed by atoms with Gasteiger partial charge < -0.3 is 45.6 Å². The van der Waals surface area contributed by atoms with Crippen molar-refractivity contribution in [3.63, 3.8) is 0 Å². The first-order chi connectivity index (χ1) is 40.1. The van der Waals surface area contributed by atoms with Crippen LogP contribution in [-0.4, -0.2) is 155 Å². The largest absolute Gasteiger partial charge is 0.449 e. The maximum atomic E-state index is 12.4. The number of hydrogen-bond acceptors (Lipinski definition) is 15. The average molecular weight is 1220 g/mol. The fourth-order valence-electron chi connectivity index (χ4n) is 7.78. The third kappa shape index (κ3) is 27.7. The van der Waals surface area contributed by atoms with Crippen molar-refractivity contribution in [2.24, 2.45) is 4.99 Å². The molecule has 20 nitrogen and oxygen atoms in total. The van der Waals surface area contributed by atoms with Crippen molar-refractivity contribution in [1.82, 2.24) is 45.7 Å². The van der Waals surface area contributed by atoms with Gasteiger partial charge in [0.15, 0.2) is 21.8 Å². The maximum absolute atomic E-state index is 12.4. The van der Waals surface area contributed by atoms with E-state index < -0.39 is 12.0 Å². The van der Waals surface area contributed by atoms with Gasteiger partial charge in [0.2, 0.25) is 11.9 Å². The number of carbonyl (C=O) groups excluding carboxylic acids is 5. The van der Waals surface area contributed by atoms with Gasteiger partial charge in [-0.15, -0.1) is 20.4 Å². The van der Waals surface area contributed by atoms with E-state index in [2.05, 4.69) is 112 Å². The van der Waals surface area contributed by atoms with Crippen molar-refractivity contribution in [2.75, 3.05) is 94.1 Å². The highest BCUT2D eigenvalue weighted by Gasteiger charge is 2.34. The van der Waals surface area contributed by atoms with Gasteiger partial charge >= 0.3 is 24.3 Å². The van der Waals surface area contributed by atoms with Gasteiger partial charge in [0, 0.05) is 96.8 Å². The van der Waals surface area contributed by atoms with Crippen LogP contribution in [-0.2, 0) is 14.3 Å². The van der Waals surface area contributed by atoms with Crippen LogP contribution in [0.25, 0.3) is 0 Å². The second kappa shape index (κ2) is 36.2. The van der Waals surface area contributed by atoms with E-state index >= 15 is 0 Å². The maximum Gasteiger partial charge on any atom is 0.449 e. The number of aliphatic imine (C=N–C) groups is 1. The van der Waals surface area contributed by atoms with Crippen LogP contribution < -0.4 is 26.2 Å². The summed E-state index contributed by atoms with van der Waals surface area (Å²) in [6.07, 6.45) is -3.33. The van der Waals surface area contributed by atoms with Gasteiger partial charge in [-0.3, -0.25) is 4.79 Å². The lowest BCUT2D eigenvalue weighted by Gasteiger charge is -2.35. The standard InChI is InChI=1S/C19H22N6O.C15H23N3O.C10H11NO.C9H18N2O2.C4H2Cl2N2.C3H3F3O/c1-14(2)15-3-5-16(6-4-15)21-19(26)25-11-9-24(10-12-25)18-8-7-17(13-20)22-23-18;1-11(2)14-5-4-13(10-12(14)3)17-15(19)18-8-6-16-7-9-18;1-8(2)9-3-5-10(6-4-9)11-7-12;1-9(2,3)13-8(12)11-6-4-10-5-7-11;5-3-1-2-4(6)8-7-3;1-2(7)3(4,5)6/h3-8,14H,9-12H2,1-2H3,(H,21,26);4-5,10-11,16H,6-9H2,1-3H3,(H,17,19);3-6,8H,1-2H3;10H,4-7H2,1-3H3;1-2H;1H3. The monoisotopic (exact) mass is 1220 g/mol. The average Bonchev–Trinajstić information content (AvgIpc) is 3.56. The number of halogens is 5. The molecule has 3 fully saturated rings. The number of carbonyl (C=O) groups is 4. The normalized spacial score (nSPS) is 13.9. The third-order valence-corrected chi connectivity index (χ3v) is 12.9. The molecule has 460 valence electrons. The molecule has 0 radical (unpaired) electrons. The first-order valence-corrected chi connectivity index (χ1v) is 28.5. The van der Waals surface area contributed by atoms with E-state index in [0.29, 0.717) is 72.5 Å². The van der Waals surface area contributed by atoms with Crippen molar-refractivity contribution in [3.8, 4) is 6.07 Å². The highest BCUT2D eigenvalue weighted by molar-refractivity contribution is 6.31. The minimum atomic E-state index is -4.64.